The maximum atomic E-state index is 6.02. The minimum absolute atomic E-state index is 0.484. The topological polar surface area (TPSA) is 35.2 Å². The first-order valence-electron chi connectivity index (χ1n) is 6.46. The standard InChI is InChI=1S/C16H17NOS/c1-11-5-4-7-14(16(11)17)18-10-13-9-12-6-2-3-8-15(12)19-13/h2-8,13H,9-10,17H2,1H3. The van der Waals surface area contributed by atoms with Gasteiger partial charge in [0.1, 0.15) is 12.4 Å². The van der Waals surface area contributed by atoms with Crippen molar-refractivity contribution in [3.8, 4) is 5.75 Å². The number of fused-ring (bicyclic) bond motifs is 1. The molecule has 1 atom stereocenters. The summed E-state index contributed by atoms with van der Waals surface area (Å²) in [6, 6.07) is 14.5. The zero-order valence-corrected chi connectivity index (χ0v) is 11.7. The highest BCUT2D eigenvalue weighted by Crippen LogP contribution is 2.37. The molecule has 1 heterocycles. The van der Waals surface area contributed by atoms with E-state index in [1.807, 2.05) is 36.9 Å². The van der Waals surface area contributed by atoms with E-state index in [-0.39, 0.29) is 0 Å². The molecule has 0 spiro atoms. The lowest BCUT2D eigenvalue weighted by atomic mass is 10.1. The van der Waals surface area contributed by atoms with E-state index >= 15 is 0 Å². The van der Waals surface area contributed by atoms with Crippen LogP contribution in [0.1, 0.15) is 11.1 Å². The predicted molar refractivity (Wildman–Crippen MR) is 80.9 cm³/mol. The third-order valence-corrected chi connectivity index (χ3v) is 4.71. The molecule has 3 rings (SSSR count). The normalized spacial score (nSPS) is 17.2. The Hall–Kier alpha value is -1.61. The fourth-order valence-corrected chi connectivity index (χ4v) is 3.53. The molecule has 0 amide bonds. The Morgan fingerprint density at radius 2 is 2.05 bits per heavy atom. The number of thioether (sulfide) groups is 1. The molecule has 1 aliphatic heterocycles. The molecule has 1 unspecified atom stereocenters. The Balaban J connectivity index is 1.64. The molecule has 0 fully saturated rings. The average molecular weight is 271 g/mol. The summed E-state index contributed by atoms with van der Waals surface area (Å²) in [5, 5.41) is 0.484. The number of nitrogens with two attached hydrogens (primary N) is 1. The van der Waals surface area contributed by atoms with E-state index in [0.717, 1.165) is 23.4 Å². The average Bonchev–Trinajstić information content (AvgIpc) is 2.83. The second kappa shape index (κ2) is 5.17. The Morgan fingerprint density at radius 3 is 2.89 bits per heavy atom. The summed E-state index contributed by atoms with van der Waals surface area (Å²) in [5.74, 6) is 0.802. The monoisotopic (exact) mass is 271 g/mol. The predicted octanol–water partition coefficient (Wildman–Crippen LogP) is 3.67. The zero-order valence-electron chi connectivity index (χ0n) is 10.9. The van der Waals surface area contributed by atoms with E-state index < -0.39 is 0 Å². The Morgan fingerprint density at radius 1 is 1.21 bits per heavy atom. The first-order chi connectivity index (χ1) is 9.24. The van der Waals surface area contributed by atoms with Crippen LogP contribution in [0.3, 0.4) is 0 Å². The van der Waals surface area contributed by atoms with Gasteiger partial charge in [-0.25, -0.2) is 0 Å². The van der Waals surface area contributed by atoms with Gasteiger partial charge in [0.2, 0.25) is 0 Å². The lowest BCUT2D eigenvalue weighted by Gasteiger charge is -2.13. The number of para-hydroxylation sites is 1. The van der Waals surface area contributed by atoms with Crippen LogP contribution in [0.2, 0.25) is 0 Å². The maximum Gasteiger partial charge on any atom is 0.142 e. The number of rotatable bonds is 3. The van der Waals surface area contributed by atoms with Gasteiger partial charge in [0.25, 0.3) is 0 Å². The third-order valence-electron chi connectivity index (χ3n) is 3.42. The largest absolute Gasteiger partial charge is 0.490 e. The van der Waals surface area contributed by atoms with Crippen molar-refractivity contribution in [2.24, 2.45) is 0 Å². The highest BCUT2D eigenvalue weighted by molar-refractivity contribution is 8.00. The van der Waals surface area contributed by atoms with Crippen LogP contribution in [-0.4, -0.2) is 11.9 Å². The van der Waals surface area contributed by atoms with Gasteiger partial charge in [-0.05, 0) is 36.6 Å². The van der Waals surface area contributed by atoms with Crippen molar-refractivity contribution < 1.29 is 4.74 Å². The molecule has 0 saturated carbocycles. The summed E-state index contributed by atoms with van der Waals surface area (Å²) >= 11 is 1.90. The second-order valence-electron chi connectivity index (χ2n) is 4.85. The quantitative estimate of drug-likeness (QED) is 0.865. The summed E-state index contributed by atoms with van der Waals surface area (Å²) in [4.78, 5) is 1.38. The smallest absolute Gasteiger partial charge is 0.142 e. The van der Waals surface area contributed by atoms with Crippen LogP contribution < -0.4 is 10.5 Å². The van der Waals surface area contributed by atoms with Gasteiger partial charge in [-0.1, -0.05) is 30.3 Å². The van der Waals surface area contributed by atoms with Crippen LogP contribution in [0.15, 0.2) is 47.4 Å². The summed E-state index contributed by atoms with van der Waals surface area (Å²) in [7, 11) is 0. The van der Waals surface area contributed by atoms with Gasteiger partial charge in [-0.15, -0.1) is 11.8 Å². The van der Waals surface area contributed by atoms with Crippen LogP contribution >= 0.6 is 11.8 Å². The molecule has 0 aliphatic carbocycles. The summed E-state index contributed by atoms with van der Waals surface area (Å²) < 4.78 is 5.89. The van der Waals surface area contributed by atoms with Crippen molar-refractivity contribution in [1.29, 1.82) is 0 Å². The number of benzene rings is 2. The van der Waals surface area contributed by atoms with Crippen LogP contribution in [0, 0.1) is 6.92 Å². The Labute approximate surface area is 118 Å². The summed E-state index contributed by atoms with van der Waals surface area (Å²) in [6.07, 6.45) is 1.08. The number of ether oxygens (including phenoxy) is 1. The number of hydrogen-bond acceptors (Lipinski definition) is 3. The number of hydrogen-bond donors (Lipinski definition) is 1. The van der Waals surface area contributed by atoms with E-state index in [1.165, 1.54) is 10.5 Å². The molecule has 2 aromatic carbocycles. The second-order valence-corrected chi connectivity index (χ2v) is 6.19. The number of nitrogen functional groups attached to an aromatic ring is 1. The Bertz CT molecular complexity index is 572. The molecule has 2 nitrogen and oxygen atoms in total. The van der Waals surface area contributed by atoms with Crippen LogP contribution in [-0.2, 0) is 6.42 Å². The minimum atomic E-state index is 0.484. The van der Waals surface area contributed by atoms with E-state index in [4.69, 9.17) is 10.5 Å². The molecule has 98 valence electrons. The van der Waals surface area contributed by atoms with Gasteiger partial charge in [-0.3, -0.25) is 0 Å². The van der Waals surface area contributed by atoms with Crippen molar-refractivity contribution >= 4 is 17.4 Å². The summed E-state index contributed by atoms with van der Waals surface area (Å²) in [6.45, 7) is 2.70. The lowest BCUT2D eigenvalue weighted by Crippen LogP contribution is -2.14. The van der Waals surface area contributed by atoms with Gasteiger partial charge in [0.05, 0.1) is 5.69 Å². The highest BCUT2D eigenvalue weighted by atomic mass is 32.2. The first-order valence-corrected chi connectivity index (χ1v) is 7.34. The van der Waals surface area contributed by atoms with E-state index in [9.17, 15) is 0 Å². The minimum Gasteiger partial charge on any atom is -0.490 e. The zero-order chi connectivity index (χ0) is 13.2. The van der Waals surface area contributed by atoms with Crippen LogP contribution in [0.4, 0.5) is 5.69 Å². The van der Waals surface area contributed by atoms with Gasteiger partial charge >= 0.3 is 0 Å². The molecule has 0 aromatic heterocycles. The fraction of sp³-hybridized carbons (Fsp3) is 0.250. The van der Waals surface area contributed by atoms with Gasteiger partial charge in [0.15, 0.2) is 0 Å². The molecule has 0 radical (unpaired) electrons. The molecule has 2 N–H and O–H groups in total. The molecular formula is C16H17NOS. The highest BCUT2D eigenvalue weighted by Gasteiger charge is 2.22. The van der Waals surface area contributed by atoms with E-state index in [2.05, 4.69) is 24.3 Å². The number of aryl methyl sites for hydroxylation is 1. The van der Waals surface area contributed by atoms with Crippen molar-refractivity contribution in [2.45, 2.75) is 23.5 Å². The van der Waals surface area contributed by atoms with Crippen LogP contribution in [0.25, 0.3) is 0 Å². The fourth-order valence-electron chi connectivity index (χ4n) is 2.31. The molecule has 19 heavy (non-hydrogen) atoms. The molecule has 2 aromatic rings. The molecular weight excluding hydrogens is 254 g/mol. The van der Waals surface area contributed by atoms with Gasteiger partial charge < -0.3 is 10.5 Å². The maximum absolute atomic E-state index is 6.02. The van der Waals surface area contributed by atoms with Crippen molar-refractivity contribution in [3.63, 3.8) is 0 Å². The molecule has 0 bridgehead atoms. The molecule has 1 aliphatic rings. The van der Waals surface area contributed by atoms with Crippen molar-refractivity contribution in [1.82, 2.24) is 0 Å². The van der Waals surface area contributed by atoms with Crippen molar-refractivity contribution in [3.05, 3.63) is 53.6 Å². The van der Waals surface area contributed by atoms with E-state index in [0.29, 0.717) is 11.9 Å². The number of anilines is 1. The van der Waals surface area contributed by atoms with Crippen LogP contribution in [0.5, 0.6) is 5.75 Å². The van der Waals surface area contributed by atoms with E-state index in [1.54, 1.807) is 0 Å². The molecule has 0 saturated heterocycles. The lowest BCUT2D eigenvalue weighted by molar-refractivity contribution is 0.319. The summed E-state index contributed by atoms with van der Waals surface area (Å²) in [5.41, 5.74) is 9.27. The Kier molecular flexibility index (Phi) is 3.38. The van der Waals surface area contributed by atoms with Gasteiger partial charge in [-0.2, -0.15) is 0 Å². The third kappa shape index (κ3) is 2.56. The molecule has 3 heteroatoms. The first kappa shape index (κ1) is 12.4. The van der Waals surface area contributed by atoms with Gasteiger partial charge in [0, 0.05) is 10.1 Å². The SMILES string of the molecule is Cc1cccc(OCC2Cc3ccccc3S2)c1N. The van der Waals surface area contributed by atoms with Crippen molar-refractivity contribution in [2.75, 3.05) is 12.3 Å².